The van der Waals surface area contributed by atoms with Gasteiger partial charge >= 0.3 is 0 Å². The molecule has 1 unspecified atom stereocenters. The highest BCUT2D eigenvalue weighted by atomic mass is 35.5. The van der Waals surface area contributed by atoms with Crippen LogP contribution in [0.5, 0.6) is 0 Å². The largest absolute Gasteiger partial charge is 0.271 e. The maximum Gasteiger partial charge on any atom is 0.0460 e. The summed E-state index contributed by atoms with van der Waals surface area (Å²) in [5.41, 5.74) is 4.01. The summed E-state index contributed by atoms with van der Waals surface area (Å²) in [7, 11) is 0. The molecule has 1 rings (SSSR count). The molecule has 0 saturated carbocycles. The Morgan fingerprint density at radius 1 is 1.31 bits per heavy atom. The van der Waals surface area contributed by atoms with Crippen molar-refractivity contribution in [3.8, 4) is 0 Å². The molecule has 3 heteroatoms. The molecule has 0 spiro atoms. The van der Waals surface area contributed by atoms with E-state index in [2.05, 4.69) is 17.6 Å². The van der Waals surface area contributed by atoms with Crippen molar-refractivity contribution < 1.29 is 0 Å². The number of rotatable bonds is 5. The van der Waals surface area contributed by atoms with Crippen LogP contribution in [0.3, 0.4) is 0 Å². The Kier molecular flexibility index (Phi) is 4.83. The number of hydrazine groups is 1. The maximum absolute atomic E-state index is 5.62. The zero-order chi connectivity index (χ0) is 9.52. The lowest BCUT2D eigenvalue weighted by atomic mass is 10.0. The minimum atomic E-state index is 0.222. The van der Waals surface area contributed by atoms with Crippen molar-refractivity contribution in [3.63, 3.8) is 0 Å². The van der Waals surface area contributed by atoms with Crippen LogP contribution in [0.15, 0.2) is 30.3 Å². The molecule has 0 radical (unpaired) electrons. The summed E-state index contributed by atoms with van der Waals surface area (Å²) in [6.45, 7) is 0. The number of alkyl halides is 1. The van der Waals surface area contributed by atoms with Gasteiger partial charge in [0.05, 0.1) is 0 Å². The quantitative estimate of drug-likeness (QED) is 0.433. The maximum atomic E-state index is 5.62. The van der Waals surface area contributed by atoms with Crippen LogP contribution in [0.2, 0.25) is 0 Å². The van der Waals surface area contributed by atoms with Gasteiger partial charge in [-0.2, -0.15) is 0 Å². The molecule has 2 nitrogen and oxygen atoms in total. The van der Waals surface area contributed by atoms with Gasteiger partial charge < -0.3 is 0 Å². The molecule has 0 fully saturated rings. The molecule has 0 saturated heterocycles. The molecule has 1 aromatic rings. The van der Waals surface area contributed by atoms with Crippen LogP contribution in [0.1, 0.15) is 24.4 Å². The van der Waals surface area contributed by atoms with Crippen molar-refractivity contribution in [3.05, 3.63) is 35.9 Å². The average molecular weight is 199 g/mol. The van der Waals surface area contributed by atoms with E-state index in [9.17, 15) is 0 Å². The third-order valence-corrected chi connectivity index (χ3v) is 2.30. The Morgan fingerprint density at radius 3 is 2.54 bits per heavy atom. The molecule has 1 aromatic carbocycles. The van der Waals surface area contributed by atoms with Crippen molar-refractivity contribution in [2.45, 2.75) is 18.9 Å². The third kappa shape index (κ3) is 3.35. The van der Waals surface area contributed by atoms with Crippen molar-refractivity contribution in [2.75, 3.05) is 5.88 Å². The molecule has 0 heterocycles. The van der Waals surface area contributed by atoms with E-state index in [1.54, 1.807) is 0 Å². The molecule has 72 valence electrons. The normalized spacial score (nSPS) is 12.8. The third-order valence-electron chi connectivity index (χ3n) is 2.03. The fourth-order valence-electron chi connectivity index (χ4n) is 1.31. The highest BCUT2D eigenvalue weighted by Crippen LogP contribution is 2.16. The number of nitrogens with one attached hydrogen (secondary N) is 1. The second-order valence-corrected chi connectivity index (χ2v) is 3.34. The first-order chi connectivity index (χ1) is 6.38. The predicted octanol–water partition coefficient (Wildman–Crippen LogP) is 2.21. The lowest BCUT2D eigenvalue weighted by Gasteiger charge is -2.15. The monoisotopic (exact) mass is 198 g/mol. The van der Waals surface area contributed by atoms with Gasteiger partial charge in [-0.3, -0.25) is 11.3 Å². The number of hydrogen-bond donors (Lipinski definition) is 2. The lowest BCUT2D eigenvalue weighted by Crippen LogP contribution is -2.27. The summed E-state index contributed by atoms with van der Waals surface area (Å²) in [5, 5.41) is 0. The van der Waals surface area contributed by atoms with Crippen LogP contribution in [-0.4, -0.2) is 5.88 Å². The van der Waals surface area contributed by atoms with E-state index in [4.69, 9.17) is 17.4 Å². The fraction of sp³-hybridized carbons (Fsp3) is 0.400. The van der Waals surface area contributed by atoms with Gasteiger partial charge in [-0.15, -0.1) is 11.6 Å². The van der Waals surface area contributed by atoms with E-state index in [0.29, 0.717) is 5.88 Å². The van der Waals surface area contributed by atoms with Crippen LogP contribution in [-0.2, 0) is 0 Å². The van der Waals surface area contributed by atoms with Gasteiger partial charge in [-0.25, -0.2) is 0 Å². The summed E-state index contributed by atoms with van der Waals surface area (Å²) in [5.74, 6) is 6.14. The summed E-state index contributed by atoms with van der Waals surface area (Å²) in [6.07, 6.45) is 1.95. The highest BCUT2D eigenvalue weighted by Gasteiger charge is 2.07. The Morgan fingerprint density at radius 2 is 2.00 bits per heavy atom. The highest BCUT2D eigenvalue weighted by molar-refractivity contribution is 6.17. The van der Waals surface area contributed by atoms with Crippen molar-refractivity contribution >= 4 is 11.6 Å². The molecule has 0 aliphatic carbocycles. The van der Waals surface area contributed by atoms with E-state index in [-0.39, 0.29) is 6.04 Å². The predicted molar refractivity (Wildman–Crippen MR) is 56.5 cm³/mol. The Labute approximate surface area is 84.1 Å². The summed E-state index contributed by atoms with van der Waals surface area (Å²) in [6, 6.07) is 10.4. The minimum Gasteiger partial charge on any atom is -0.271 e. The first-order valence-electron chi connectivity index (χ1n) is 4.45. The van der Waals surface area contributed by atoms with Crippen LogP contribution in [0.25, 0.3) is 0 Å². The van der Waals surface area contributed by atoms with Gasteiger partial charge in [0.2, 0.25) is 0 Å². The second kappa shape index (κ2) is 5.97. The van der Waals surface area contributed by atoms with Crippen molar-refractivity contribution in [1.29, 1.82) is 0 Å². The van der Waals surface area contributed by atoms with E-state index in [0.717, 1.165) is 12.8 Å². The van der Waals surface area contributed by atoms with Gasteiger partial charge in [0.1, 0.15) is 0 Å². The molecule has 0 amide bonds. The molecule has 0 aliphatic rings. The fourth-order valence-corrected chi connectivity index (χ4v) is 1.47. The molecule has 0 aliphatic heterocycles. The topological polar surface area (TPSA) is 38.0 Å². The first kappa shape index (κ1) is 10.5. The molecular weight excluding hydrogens is 184 g/mol. The van der Waals surface area contributed by atoms with Crippen LogP contribution < -0.4 is 11.3 Å². The number of hydrogen-bond acceptors (Lipinski definition) is 2. The Balaban J connectivity index is 2.56. The SMILES string of the molecule is NNC(CCCCl)c1ccccc1. The zero-order valence-corrected chi connectivity index (χ0v) is 8.30. The van der Waals surface area contributed by atoms with Gasteiger partial charge in [0.15, 0.2) is 0 Å². The lowest BCUT2D eigenvalue weighted by molar-refractivity contribution is 0.511. The van der Waals surface area contributed by atoms with Gasteiger partial charge in [-0.1, -0.05) is 30.3 Å². The smallest absolute Gasteiger partial charge is 0.0460 e. The van der Waals surface area contributed by atoms with Crippen molar-refractivity contribution in [2.24, 2.45) is 5.84 Å². The molecular formula is C10H15ClN2. The van der Waals surface area contributed by atoms with Gasteiger partial charge in [0, 0.05) is 11.9 Å². The first-order valence-corrected chi connectivity index (χ1v) is 4.99. The zero-order valence-electron chi connectivity index (χ0n) is 7.54. The number of halogens is 1. The van der Waals surface area contributed by atoms with Crippen LogP contribution in [0.4, 0.5) is 0 Å². The van der Waals surface area contributed by atoms with Crippen molar-refractivity contribution in [1.82, 2.24) is 5.43 Å². The Hall–Kier alpha value is -0.570. The van der Waals surface area contributed by atoms with Gasteiger partial charge in [0.25, 0.3) is 0 Å². The number of nitrogens with two attached hydrogens (primary N) is 1. The molecule has 0 aromatic heterocycles. The van der Waals surface area contributed by atoms with E-state index < -0.39 is 0 Å². The standard InChI is InChI=1S/C10H15ClN2/c11-8-4-7-10(13-12)9-5-2-1-3-6-9/h1-3,5-6,10,13H,4,7-8,12H2. The van der Waals surface area contributed by atoms with Gasteiger partial charge in [-0.05, 0) is 18.4 Å². The van der Waals surface area contributed by atoms with E-state index in [1.807, 2.05) is 18.2 Å². The average Bonchev–Trinajstić information content (AvgIpc) is 2.21. The molecule has 0 bridgehead atoms. The van der Waals surface area contributed by atoms with Crippen LogP contribution in [0, 0.1) is 0 Å². The summed E-state index contributed by atoms with van der Waals surface area (Å²) < 4.78 is 0. The summed E-state index contributed by atoms with van der Waals surface area (Å²) >= 11 is 5.62. The summed E-state index contributed by atoms with van der Waals surface area (Å²) in [4.78, 5) is 0. The van der Waals surface area contributed by atoms with Crippen LogP contribution >= 0.6 is 11.6 Å². The second-order valence-electron chi connectivity index (χ2n) is 2.96. The van der Waals surface area contributed by atoms with E-state index >= 15 is 0 Å². The molecule has 13 heavy (non-hydrogen) atoms. The Bertz CT molecular complexity index is 226. The molecule has 1 atom stereocenters. The number of benzene rings is 1. The minimum absolute atomic E-state index is 0.222. The van der Waals surface area contributed by atoms with E-state index in [1.165, 1.54) is 5.56 Å². The molecule has 3 N–H and O–H groups in total.